The number of hydrogen-bond acceptors (Lipinski definition) is 19. The van der Waals surface area contributed by atoms with Crippen LogP contribution in [0.5, 0.6) is 0 Å². The molecule has 3 atom stereocenters. The number of rotatable bonds is 16. The smallest absolute Gasteiger partial charge is 0.477 e. The van der Waals surface area contributed by atoms with Crippen molar-refractivity contribution in [1.29, 1.82) is 5.26 Å². The topological polar surface area (TPSA) is 398 Å². The van der Waals surface area contributed by atoms with Gasteiger partial charge in [0.15, 0.2) is 11.4 Å². The molecular weight excluding hydrogens is 1460 g/mol. The number of hydrogen-bond donors (Lipinski definition) is 7. The molecule has 1 saturated carbocycles. The minimum absolute atomic E-state index is 0. The number of aromatic carboxylic acids is 1. The van der Waals surface area contributed by atoms with E-state index in [-0.39, 0.29) is 56.7 Å². The molecule has 0 aliphatic heterocycles. The number of halogens is 1. The molecule has 13 rings (SSSR count). The predicted octanol–water partition coefficient (Wildman–Crippen LogP) is 13.5. The zero-order chi connectivity index (χ0) is 77.6. The van der Waals surface area contributed by atoms with Gasteiger partial charge in [0.25, 0.3) is 17.3 Å². The van der Waals surface area contributed by atoms with Crippen LogP contribution in [-0.2, 0) is 0 Å². The molecule has 28 heteroatoms. The third-order valence-electron chi connectivity index (χ3n) is 14.9. The zero-order valence-electron chi connectivity index (χ0n) is 59.4. The quantitative estimate of drug-likeness (QED) is 0.0118. The summed E-state index contributed by atoms with van der Waals surface area (Å²) in [5, 5.41) is 80.7. The maximum Gasteiger partial charge on any atom is 1.00 e. The number of nitrogens with one attached hydrogen (secondary N) is 1. The summed E-state index contributed by atoms with van der Waals surface area (Å²) in [5.41, 5.74) is 20.3. The number of benzene rings is 6. The van der Waals surface area contributed by atoms with Crippen LogP contribution in [0.4, 0.5) is 28.4 Å². The van der Waals surface area contributed by atoms with Crippen LogP contribution >= 0.6 is 15.9 Å². The maximum atomic E-state index is 13.0. The molecule has 0 spiro atoms. The molecule has 6 heterocycles. The van der Waals surface area contributed by atoms with E-state index in [1.807, 2.05) is 30.3 Å². The van der Waals surface area contributed by atoms with Gasteiger partial charge in [0.05, 0.1) is 50.8 Å². The molecule has 0 radical (unpaired) electrons. The van der Waals surface area contributed by atoms with E-state index < -0.39 is 34.1 Å². The van der Waals surface area contributed by atoms with Crippen molar-refractivity contribution in [2.24, 2.45) is 11.7 Å². The van der Waals surface area contributed by atoms with E-state index in [0.717, 1.165) is 34.5 Å². The number of aliphatic hydroxyl groups excluding tert-OH is 3. The number of nitro benzene ring substituents is 2. The average molecular weight is 1540 g/mol. The number of non-ortho nitro benzene ring substituents is 2. The summed E-state index contributed by atoms with van der Waals surface area (Å²) in [7, 11) is 0. The molecule has 110 heavy (non-hydrogen) atoms. The Hall–Kier alpha value is -12.6. The van der Waals surface area contributed by atoms with Gasteiger partial charge in [0.1, 0.15) is 30.3 Å². The molecule has 6 aromatic carbocycles. The third-order valence-corrected chi connectivity index (χ3v) is 15.5. The summed E-state index contributed by atoms with van der Waals surface area (Å²) in [6.45, 7) is 17.4. The van der Waals surface area contributed by atoms with E-state index in [9.17, 15) is 49.9 Å². The summed E-state index contributed by atoms with van der Waals surface area (Å²) in [6.07, 6.45) is 16.4. The summed E-state index contributed by atoms with van der Waals surface area (Å²) in [6, 6.07) is 58.8. The van der Waals surface area contributed by atoms with E-state index in [4.69, 9.17) is 28.4 Å². The molecule has 562 valence electrons. The Morgan fingerprint density at radius 2 is 1.06 bits per heavy atom. The van der Waals surface area contributed by atoms with Gasteiger partial charge in [-0.1, -0.05) is 111 Å². The van der Waals surface area contributed by atoms with Crippen LogP contribution in [0, 0.1) is 64.8 Å². The second-order valence-electron chi connectivity index (χ2n) is 23.1. The molecule has 12 aromatic rings. The Morgan fingerprint density at radius 1 is 0.636 bits per heavy atom. The minimum atomic E-state index is -1.05. The number of aromatic nitrogens is 8. The Bertz CT molecular complexity index is 4910. The van der Waals surface area contributed by atoms with Crippen molar-refractivity contribution in [2.45, 2.75) is 79.6 Å². The number of nitrogen functional groups attached to an aromatic ring is 1. The number of anilines is 2. The fraction of sp³-hybridized carbons (Fsp3) is 0.171. The van der Waals surface area contributed by atoms with Crippen molar-refractivity contribution in [3.63, 3.8) is 0 Å². The van der Waals surface area contributed by atoms with Crippen LogP contribution in [0.3, 0.4) is 0 Å². The fourth-order valence-corrected chi connectivity index (χ4v) is 9.48. The van der Waals surface area contributed by atoms with Gasteiger partial charge in [-0.15, -0.1) is 0 Å². The van der Waals surface area contributed by atoms with Gasteiger partial charge in [-0.25, -0.2) is 19.0 Å². The largest absolute Gasteiger partial charge is 1.00 e. The van der Waals surface area contributed by atoms with Crippen molar-refractivity contribution < 1.29 is 63.5 Å². The Morgan fingerprint density at radius 3 is 1.49 bits per heavy atom. The first-order valence-electron chi connectivity index (χ1n) is 32.9. The van der Waals surface area contributed by atoms with Gasteiger partial charge in [-0.2, -0.15) is 21.9 Å². The number of unbranched alkanes of at least 4 members (excludes halogenated alkanes) is 1. The van der Waals surface area contributed by atoms with Crippen LogP contribution in [0.2, 0.25) is 0 Å². The van der Waals surface area contributed by atoms with Crippen molar-refractivity contribution in [1.82, 2.24) is 39.5 Å². The van der Waals surface area contributed by atoms with Crippen molar-refractivity contribution in [3.05, 3.63) is 366 Å². The number of nitrogens with zero attached hydrogens (tertiary/aromatic N) is 12. The summed E-state index contributed by atoms with van der Waals surface area (Å²) in [5.74, 6) is -0.479. The number of nitrogens with two attached hydrogens (primary N) is 2. The number of carboxylic acids is 1. The number of nitro groups is 2. The number of aliphatic hydroxyl groups is 3. The standard InChI is InChI=1S/C24H19N5O2.C12H9N3O2.C12H10N2O3.C12H12N2O.C7H5NO3.C5H4BrN.C4H9N.C4H9.2CH4.Li/c1-16-13-22(29(28-16)21-8-4-6-19(15-21)25-2)24(31)27-20-7-3-5-18(14-20)23(30)17-9-11-26-12-10-17;1-8-5-11(12(16)17)15(14-8)10-4-2-3-9(6-10)7-13;15-12(9-4-6-13-7-5-9)10-2-1-3-11(8-10)14(16)17;13-11-3-1-2-10(8-11)12(15)9-4-6-14-7-5-9;9-5-6-2-1-3-7(4-6)8(10)11;6-5-1-3-7-4-2-5;5-3-4-1-2-4;1-3-4-2;;;/h3-15,23,30H,1H3,(H,27,31);2-6H,1H3,(H,16,17);1-8,12,15H;1-8,12,15H,13H2;1-5H;1-4H;4H,1-3,5H2;1,3-4H2,2H3;2*1H4;/q;;;;;;;-1;;;+1. The number of pyridine rings is 4. The minimum Gasteiger partial charge on any atom is -0.477 e. The molecule has 9 N–H and O–H groups in total. The molecule has 1 aliphatic carbocycles. The Balaban J connectivity index is 0.000000347. The Labute approximate surface area is 659 Å². The van der Waals surface area contributed by atoms with Crippen LogP contribution in [0.25, 0.3) is 16.2 Å². The number of carboxylic acid groups (broad SMARTS) is 1. The van der Waals surface area contributed by atoms with Gasteiger partial charge in [0, 0.05) is 95.3 Å². The van der Waals surface area contributed by atoms with E-state index in [1.54, 1.807) is 203 Å². The van der Waals surface area contributed by atoms with Crippen LogP contribution in [0.15, 0.2) is 260 Å². The monoisotopic (exact) mass is 1540 g/mol. The van der Waals surface area contributed by atoms with Crippen LogP contribution in [-0.4, -0.2) is 94.5 Å². The van der Waals surface area contributed by atoms with Crippen LogP contribution < -0.4 is 35.6 Å². The van der Waals surface area contributed by atoms with Gasteiger partial charge in [-0.3, -0.25) is 49.8 Å². The Kier molecular flexibility index (Phi) is 40.5. The molecule has 6 aromatic heterocycles. The zero-order valence-corrected chi connectivity index (χ0v) is 61.0. The van der Waals surface area contributed by atoms with Gasteiger partial charge < -0.3 is 44.1 Å². The van der Waals surface area contributed by atoms with Crippen molar-refractivity contribution >= 4 is 62.5 Å². The molecule has 26 nitrogen and oxygen atoms in total. The summed E-state index contributed by atoms with van der Waals surface area (Å²) >= 11 is 3.27. The summed E-state index contributed by atoms with van der Waals surface area (Å²) < 4.78 is 3.91. The second-order valence-corrected chi connectivity index (χ2v) is 24.0. The first-order valence-corrected chi connectivity index (χ1v) is 33.7. The normalized spacial score (nSPS) is 11.1. The number of carbonyl (C=O) groups is 3. The van der Waals surface area contributed by atoms with Gasteiger partial charge in [-0.05, 0) is 188 Å². The average Bonchev–Trinajstić information content (AvgIpc) is 1.69. The number of carbonyl (C=O) groups excluding carboxylic acids is 2. The molecule has 1 aliphatic rings. The first-order chi connectivity index (χ1) is 51.6. The van der Waals surface area contributed by atoms with E-state index >= 15 is 0 Å². The van der Waals surface area contributed by atoms with Crippen molar-refractivity contribution in [2.75, 3.05) is 17.6 Å². The number of amides is 1. The fourth-order valence-electron chi connectivity index (χ4n) is 9.24. The van der Waals surface area contributed by atoms with Gasteiger partial charge >= 0.3 is 24.8 Å². The van der Waals surface area contributed by atoms with E-state index in [2.05, 4.69) is 70.1 Å². The molecule has 1 fully saturated rings. The molecule has 0 bridgehead atoms. The van der Waals surface area contributed by atoms with Gasteiger partial charge in [0.2, 0.25) is 0 Å². The van der Waals surface area contributed by atoms with Crippen LogP contribution in [0.1, 0.15) is 147 Å². The van der Waals surface area contributed by atoms with E-state index in [1.165, 1.54) is 71.1 Å². The first kappa shape index (κ1) is 91.7. The molecular formula is C82H85BrLiN15O11. The van der Waals surface area contributed by atoms with E-state index in [0.29, 0.717) is 85.2 Å². The SMILES string of the molecule is Brc1ccncc1.C.C.Cc1cc(C(=O)O)n(-c2cccc(C#N)c2)n1.NCC1CC1.Nc1cccc(C(O)c2ccncc2)c1.O=Cc1cccc([N+](=O)[O-])c1.O=[N+]([O-])c1cccc(C(O)c2ccncc2)c1.[C-]#[N+]c1cccc(-n2nc(C)cc2C(=O)Nc2cccc(C(O)c3ccncc3)c2)c1.[CH2-]CCC.[Li+]. The molecule has 3 unspecified atom stereocenters. The molecule has 1 amide bonds. The predicted molar refractivity (Wildman–Crippen MR) is 424 cm³/mol. The third kappa shape index (κ3) is 30.4. The van der Waals surface area contributed by atoms with Crippen molar-refractivity contribution in [3.8, 4) is 17.4 Å². The molecule has 0 saturated heterocycles. The maximum absolute atomic E-state index is 13.0. The summed E-state index contributed by atoms with van der Waals surface area (Å²) in [4.78, 5) is 73.0. The second kappa shape index (κ2) is 48.6. The number of aryl methyl sites for hydroxylation is 2. The number of aldehydes is 1. The number of nitriles is 1.